The normalized spacial score (nSPS) is 22.9. The molecular formula is C13H28N2O. The summed E-state index contributed by atoms with van der Waals surface area (Å²) in [4.78, 5) is 0. The van der Waals surface area contributed by atoms with Crippen molar-refractivity contribution in [1.29, 1.82) is 0 Å². The Morgan fingerprint density at radius 2 is 2.19 bits per heavy atom. The molecule has 0 aliphatic carbocycles. The Labute approximate surface area is 100 Å². The van der Waals surface area contributed by atoms with Crippen molar-refractivity contribution in [3.8, 4) is 0 Å². The molecule has 16 heavy (non-hydrogen) atoms. The summed E-state index contributed by atoms with van der Waals surface area (Å²) in [6.45, 7) is 10.5. The molecule has 1 fully saturated rings. The van der Waals surface area contributed by atoms with E-state index in [9.17, 15) is 0 Å². The van der Waals surface area contributed by atoms with Crippen molar-refractivity contribution in [2.45, 2.75) is 52.1 Å². The quantitative estimate of drug-likeness (QED) is 0.621. The molecule has 0 aromatic rings. The second-order valence-corrected chi connectivity index (χ2v) is 5.35. The van der Waals surface area contributed by atoms with Gasteiger partial charge in [-0.15, -0.1) is 0 Å². The highest BCUT2D eigenvalue weighted by molar-refractivity contribution is 4.78. The fourth-order valence-corrected chi connectivity index (χ4v) is 2.16. The van der Waals surface area contributed by atoms with Gasteiger partial charge < -0.3 is 15.4 Å². The van der Waals surface area contributed by atoms with Crippen LogP contribution in [0.5, 0.6) is 0 Å². The molecule has 0 saturated carbocycles. The number of ether oxygens (including phenoxy) is 1. The van der Waals surface area contributed by atoms with Gasteiger partial charge in [-0.3, -0.25) is 0 Å². The molecule has 1 rings (SSSR count). The first kappa shape index (κ1) is 13.9. The van der Waals surface area contributed by atoms with Crippen molar-refractivity contribution in [2.75, 3.05) is 26.3 Å². The highest BCUT2D eigenvalue weighted by atomic mass is 16.5. The standard InChI is InChI=1S/C13H28N2O/c1-11(2)10-16-8-7-14-12(3)9-13-5-4-6-15-13/h11-15H,4-10H2,1-3H3. The van der Waals surface area contributed by atoms with E-state index < -0.39 is 0 Å². The molecule has 2 N–H and O–H groups in total. The van der Waals surface area contributed by atoms with Gasteiger partial charge in [0.1, 0.15) is 0 Å². The van der Waals surface area contributed by atoms with Gasteiger partial charge in [0.05, 0.1) is 6.61 Å². The van der Waals surface area contributed by atoms with Gasteiger partial charge in [-0.2, -0.15) is 0 Å². The Hall–Kier alpha value is -0.120. The van der Waals surface area contributed by atoms with Crippen LogP contribution in [0.4, 0.5) is 0 Å². The number of hydrogen-bond donors (Lipinski definition) is 2. The first-order chi connectivity index (χ1) is 7.68. The van der Waals surface area contributed by atoms with Gasteiger partial charge in [-0.25, -0.2) is 0 Å². The zero-order valence-corrected chi connectivity index (χ0v) is 11.1. The van der Waals surface area contributed by atoms with Crippen molar-refractivity contribution < 1.29 is 4.74 Å². The number of rotatable bonds is 8. The van der Waals surface area contributed by atoms with Gasteiger partial charge in [-0.1, -0.05) is 13.8 Å². The molecule has 3 nitrogen and oxygen atoms in total. The lowest BCUT2D eigenvalue weighted by Gasteiger charge is -2.18. The van der Waals surface area contributed by atoms with E-state index in [1.165, 1.54) is 25.8 Å². The summed E-state index contributed by atoms with van der Waals surface area (Å²) in [5.41, 5.74) is 0. The summed E-state index contributed by atoms with van der Waals surface area (Å²) < 4.78 is 5.54. The maximum absolute atomic E-state index is 5.54. The minimum atomic E-state index is 0.596. The summed E-state index contributed by atoms with van der Waals surface area (Å²) in [6, 6.07) is 1.33. The van der Waals surface area contributed by atoms with Crippen LogP contribution in [0.3, 0.4) is 0 Å². The van der Waals surface area contributed by atoms with Crippen LogP contribution >= 0.6 is 0 Å². The van der Waals surface area contributed by atoms with Crippen LogP contribution in [0.25, 0.3) is 0 Å². The third kappa shape index (κ3) is 6.46. The fourth-order valence-electron chi connectivity index (χ4n) is 2.16. The van der Waals surface area contributed by atoms with E-state index in [-0.39, 0.29) is 0 Å². The van der Waals surface area contributed by atoms with E-state index in [4.69, 9.17) is 4.74 Å². The van der Waals surface area contributed by atoms with E-state index in [2.05, 4.69) is 31.4 Å². The van der Waals surface area contributed by atoms with E-state index in [1.54, 1.807) is 0 Å². The molecule has 0 aromatic heterocycles. The van der Waals surface area contributed by atoms with Gasteiger partial charge in [0.15, 0.2) is 0 Å². The van der Waals surface area contributed by atoms with Crippen molar-refractivity contribution in [3.63, 3.8) is 0 Å². The lowest BCUT2D eigenvalue weighted by molar-refractivity contribution is 0.110. The molecule has 0 spiro atoms. The number of nitrogens with one attached hydrogen (secondary N) is 2. The van der Waals surface area contributed by atoms with Crippen LogP contribution < -0.4 is 10.6 Å². The maximum Gasteiger partial charge on any atom is 0.0591 e. The van der Waals surface area contributed by atoms with E-state index in [1.807, 2.05) is 0 Å². The number of hydrogen-bond acceptors (Lipinski definition) is 3. The Kier molecular flexibility index (Phi) is 7.01. The summed E-state index contributed by atoms with van der Waals surface area (Å²) in [6.07, 6.45) is 3.93. The lowest BCUT2D eigenvalue weighted by atomic mass is 10.1. The largest absolute Gasteiger partial charge is 0.380 e. The molecule has 3 heteroatoms. The maximum atomic E-state index is 5.54. The average molecular weight is 228 g/mol. The molecule has 1 saturated heterocycles. The van der Waals surface area contributed by atoms with Crippen LogP contribution in [0, 0.1) is 5.92 Å². The van der Waals surface area contributed by atoms with Gasteiger partial charge >= 0.3 is 0 Å². The molecule has 0 radical (unpaired) electrons. The zero-order valence-electron chi connectivity index (χ0n) is 11.1. The predicted octanol–water partition coefficient (Wildman–Crippen LogP) is 1.78. The summed E-state index contributed by atoms with van der Waals surface area (Å²) in [5.74, 6) is 0.639. The van der Waals surface area contributed by atoms with Crippen LogP contribution in [-0.2, 0) is 4.74 Å². The smallest absolute Gasteiger partial charge is 0.0591 e. The Morgan fingerprint density at radius 3 is 2.81 bits per heavy atom. The first-order valence-electron chi connectivity index (χ1n) is 6.73. The molecule has 96 valence electrons. The van der Waals surface area contributed by atoms with E-state index >= 15 is 0 Å². The van der Waals surface area contributed by atoms with Gasteiger partial charge in [0.25, 0.3) is 0 Å². The molecule has 1 heterocycles. The third-order valence-electron chi connectivity index (χ3n) is 2.99. The zero-order chi connectivity index (χ0) is 11.8. The Bertz CT molecular complexity index is 167. The minimum Gasteiger partial charge on any atom is -0.380 e. The van der Waals surface area contributed by atoms with Crippen LogP contribution in [-0.4, -0.2) is 38.4 Å². The second-order valence-electron chi connectivity index (χ2n) is 5.35. The lowest BCUT2D eigenvalue weighted by Crippen LogP contribution is -2.35. The summed E-state index contributed by atoms with van der Waals surface area (Å²) >= 11 is 0. The highest BCUT2D eigenvalue weighted by Gasteiger charge is 2.16. The first-order valence-corrected chi connectivity index (χ1v) is 6.73. The van der Waals surface area contributed by atoms with Gasteiger partial charge in [-0.05, 0) is 38.6 Å². The van der Waals surface area contributed by atoms with Crippen LogP contribution in [0.1, 0.15) is 40.0 Å². The van der Waals surface area contributed by atoms with E-state index in [0.29, 0.717) is 12.0 Å². The third-order valence-corrected chi connectivity index (χ3v) is 2.99. The van der Waals surface area contributed by atoms with Crippen LogP contribution in [0.2, 0.25) is 0 Å². The molecule has 2 atom stereocenters. The summed E-state index contributed by atoms with van der Waals surface area (Å²) in [5, 5.41) is 7.05. The van der Waals surface area contributed by atoms with Crippen molar-refractivity contribution >= 4 is 0 Å². The van der Waals surface area contributed by atoms with Gasteiger partial charge in [0.2, 0.25) is 0 Å². The predicted molar refractivity (Wildman–Crippen MR) is 68.8 cm³/mol. The molecule has 1 aliphatic rings. The molecule has 0 amide bonds. The molecule has 2 unspecified atom stereocenters. The van der Waals surface area contributed by atoms with E-state index in [0.717, 1.165) is 25.8 Å². The molecule has 1 aliphatic heterocycles. The minimum absolute atomic E-state index is 0.596. The average Bonchev–Trinajstić information content (AvgIpc) is 2.69. The SMILES string of the molecule is CC(C)COCCNC(C)CC1CCCN1. The molecular weight excluding hydrogens is 200 g/mol. The molecule has 0 bridgehead atoms. The van der Waals surface area contributed by atoms with Crippen molar-refractivity contribution in [2.24, 2.45) is 5.92 Å². The van der Waals surface area contributed by atoms with Gasteiger partial charge in [0, 0.05) is 25.2 Å². The summed E-state index contributed by atoms with van der Waals surface area (Å²) in [7, 11) is 0. The Balaban J connectivity index is 1.91. The molecule has 0 aromatic carbocycles. The van der Waals surface area contributed by atoms with Crippen molar-refractivity contribution in [1.82, 2.24) is 10.6 Å². The topological polar surface area (TPSA) is 33.3 Å². The van der Waals surface area contributed by atoms with Crippen molar-refractivity contribution in [3.05, 3.63) is 0 Å². The van der Waals surface area contributed by atoms with Crippen LogP contribution in [0.15, 0.2) is 0 Å². The Morgan fingerprint density at radius 1 is 1.38 bits per heavy atom. The monoisotopic (exact) mass is 228 g/mol. The fraction of sp³-hybridized carbons (Fsp3) is 1.00. The second kappa shape index (κ2) is 8.04. The highest BCUT2D eigenvalue weighted by Crippen LogP contribution is 2.10.